The quantitative estimate of drug-likeness (QED) is 0.429. The van der Waals surface area contributed by atoms with E-state index < -0.39 is 0 Å². The molecule has 5 nitrogen and oxygen atoms in total. The molecule has 196 valence electrons. The molecule has 1 amide bonds. The number of rotatable bonds is 8. The minimum atomic E-state index is -0.214. The number of aromatic hydroxyl groups is 1. The van der Waals surface area contributed by atoms with Gasteiger partial charge in [0, 0.05) is 50.4 Å². The molecule has 1 aliphatic rings. The summed E-state index contributed by atoms with van der Waals surface area (Å²) in [5.41, 5.74) is 3.90. The van der Waals surface area contributed by atoms with Crippen molar-refractivity contribution in [2.24, 2.45) is 0 Å². The molecule has 6 heteroatoms. The molecule has 3 aromatic rings. The molecule has 0 radical (unpaired) electrons. The Morgan fingerprint density at radius 3 is 2.24 bits per heavy atom. The summed E-state index contributed by atoms with van der Waals surface area (Å²) in [5, 5.41) is 10.3. The number of piperazine rings is 1. The number of amides is 1. The van der Waals surface area contributed by atoms with Crippen LogP contribution < -0.4 is 0 Å². The summed E-state index contributed by atoms with van der Waals surface area (Å²) in [6.45, 7) is 12.3. The topological polar surface area (TPSA) is 47.0 Å². The van der Waals surface area contributed by atoms with Gasteiger partial charge < -0.3 is 10.0 Å². The first-order chi connectivity index (χ1) is 17.8. The van der Waals surface area contributed by atoms with Crippen LogP contribution in [0.1, 0.15) is 60.8 Å². The van der Waals surface area contributed by atoms with Crippen LogP contribution in [0.3, 0.4) is 0 Å². The zero-order valence-electron chi connectivity index (χ0n) is 22.3. The van der Waals surface area contributed by atoms with Crippen molar-refractivity contribution in [3.63, 3.8) is 0 Å². The maximum absolute atomic E-state index is 13.4. The van der Waals surface area contributed by atoms with Gasteiger partial charge in [0.25, 0.3) is 5.91 Å². The predicted octanol–water partition coefficient (Wildman–Crippen LogP) is 5.70. The van der Waals surface area contributed by atoms with Crippen LogP contribution in [0.15, 0.2) is 72.8 Å². The largest absolute Gasteiger partial charge is 0.508 e. The number of phenols is 1. The van der Waals surface area contributed by atoms with Gasteiger partial charge in [0.15, 0.2) is 0 Å². The van der Waals surface area contributed by atoms with Crippen LogP contribution in [0.25, 0.3) is 0 Å². The van der Waals surface area contributed by atoms with Gasteiger partial charge in [-0.05, 0) is 80.8 Å². The van der Waals surface area contributed by atoms with E-state index in [2.05, 4.69) is 29.7 Å². The molecule has 0 bridgehead atoms. The summed E-state index contributed by atoms with van der Waals surface area (Å²) in [5.74, 6) is 0.0714. The van der Waals surface area contributed by atoms with E-state index in [1.54, 1.807) is 6.07 Å². The van der Waals surface area contributed by atoms with Crippen LogP contribution >= 0.6 is 0 Å². The number of hydrogen-bond acceptors (Lipinski definition) is 4. The van der Waals surface area contributed by atoms with Crippen molar-refractivity contribution in [2.75, 3.05) is 26.2 Å². The van der Waals surface area contributed by atoms with Crippen LogP contribution in [0, 0.1) is 5.82 Å². The van der Waals surface area contributed by atoms with E-state index in [9.17, 15) is 14.3 Å². The van der Waals surface area contributed by atoms with Crippen molar-refractivity contribution in [1.29, 1.82) is 0 Å². The third kappa shape index (κ3) is 6.20. The van der Waals surface area contributed by atoms with Crippen molar-refractivity contribution in [1.82, 2.24) is 14.7 Å². The molecule has 0 aliphatic carbocycles. The number of hydrogen-bond donors (Lipinski definition) is 1. The second kappa shape index (κ2) is 11.9. The van der Waals surface area contributed by atoms with Crippen molar-refractivity contribution in [2.45, 2.75) is 52.4 Å². The average Bonchev–Trinajstić information content (AvgIpc) is 2.89. The number of phenolic OH excluding ortho intramolecular Hbond substituents is 1. The van der Waals surface area contributed by atoms with E-state index >= 15 is 0 Å². The third-order valence-corrected chi connectivity index (χ3v) is 7.50. The summed E-state index contributed by atoms with van der Waals surface area (Å²) in [4.78, 5) is 19.6. The van der Waals surface area contributed by atoms with Crippen molar-refractivity contribution in [3.05, 3.63) is 101 Å². The fraction of sp³-hybridized carbons (Fsp3) is 0.387. The number of halogens is 1. The Labute approximate surface area is 220 Å². The van der Waals surface area contributed by atoms with Crippen LogP contribution in [0.4, 0.5) is 4.39 Å². The number of carbonyl (C=O) groups is 1. The lowest BCUT2D eigenvalue weighted by atomic mass is 9.92. The molecule has 0 aromatic heterocycles. The molecule has 3 atom stereocenters. The summed E-state index contributed by atoms with van der Waals surface area (Å²) in [6.07, 6.45) is 0. The van der Waals surface area contributed by atoms with E-state index in [4.69, 9.17) is 0 Å². The van der Waals surface area contributed by atoms with Gasteiger partial charge in [0.05, 0.1) is 6.04 Å². The molecular formula is C31H38FN3O2. The molecule has 1 heterocycles. The molecule has 37 heavy (non-hydrogen) atoms. The molecular weight excluding hydrogens is 465 g/mol. The molecule has 0 spiro atoms. The summed E-state index contributed by atoms with van der Waals surface area (Å²) >= 11 is 0. The van der Waals surface area contributed by atoms with E-state index in [0.717, 1.165) is 36.3 Å². The average molecular weight is 504 g/mol. The molecule has 4 rings (SSSR count). The van der Waals surface area contributed by atoms with Crippen molar-refractivity contribution in [3.8, 4) is 5.75 Å². The molecule has 1 N–H and O–H groups in total. The molecule has 1 saturated heterocycles. The normalized spacial score (nSPS) is 19.5. The SMILES string of the molecule is CCN(CC)C(=O)c1ccc([C@@H](c2cccc(O)c2)N2C[C@@H](C)N(Cc3ccc(F)cc3)C[C@@H]2C)cc1. The highest BCUT2D eigenvalue weighted by molar-refractivity contribution is 5.94. The van der Waals surface area contributed by atoms with Gasteiger partial charge in [-0.2, -0.15) is 0 Å². The Morgan fingerprint density at radius 2 is 1.62 bits per heavy atom. The lowest BCUT2D eigenvalue weighted by Gasteiger charge is -2.47. The van der Waals surface area contributed by atoms with Crippen molar-refractivity contribution >= 4 is 5.91 Å². The van der Waals surface area contributed by atoms with Gasteiger partial charge in [-0.25, -0.2) is 4.39 Å². The molecule has 1 fully saturated rings. The van der Waals surface area contributed by atoms with E-state index in [1.807, 2.05) is 67.3 Å². The van der Waals surface area contributed by atoms with E-state index in [0.29, 0.717) is 18.7 Å². The lowest BCUT2D eigenvalue weighted by Crippen LogP contribution is -2.56. The highest BCUT2D eigenvalue weighted by Gasteiger charge is 2.35. The minimum Gasteiger partial charge on any atom is -0.508 e. The second-order valence-corrected chi connectivity index (χ2v) is 10.0. The highest BCUT2D eigenvalue weighted by Crippen LogP contribution is 2.35. The Kier molecular flexibility index (Phi) is 8.62. The number of nitrogens with zero attached hydrogens (tertiary/aromatic N) is 3. The van der Waals surface area contributed by atoms with Gasteiger partial charge in [0.1, 0.15) is 11.6 Å². The molecule has 1 aliphatic heterocycles. The fourth-order valence-corrected chi connectivity index (χ4v) is 5.40. The smallest absolute Gasteiger partial charge is 0.253 e. The van der Waals surface area contributed by atoms with E-state index in [1.165, 1.54) is 12.1 Å². The third-order valence-electron chi connectivity index (χ3n) is 7.50. The molecule has 0 saturated carbocycles. The summed E-state index contributed by atoms with van der Waals surface area (Å²) in [7, 11) is 0. The predicted molar refractivity (Wildman–Crippen MR) is 146 cm³/mol. The Hall–Kier alpha value is -3.22. The number of benzene rings is 3. The first-order valence-corrected chi connectivity index (χ1v) is 13.2. The zero-order valence-corrected chi connectivity index (χ0v) is 22.3. The highest BCUT2D eigenvalue weighted by atomic mass is 19.1. The zero-order chi connectivity index (χ0) is 26.5. The second-order valence-electron chi connectivity index (χ2n) is 10.0. The first kappa shape index (κ1) is 26.8. The van der Waals surface area contributed by atoms with Gasteiger partial charge >= 0.3 is 0 Å². The molecule has 3 aromatic carbocycles. The molecule has 0 unspecified atom stereocenters. The summed E-state index contributed by atoms with van der Waals surface area (Å²) < 4.78 is 13.4. The van der Waals surface area contributed by atoms with Gasteiger partial charge in [-0.1, -0.05) is 36.4 Å². The van der Waals surface area contributed by atoms with Crippen molar-refractivity contribution < 1.29 is 14.3 Å². The van der Waals surface area contributed by atoms with Gasteiger partial charge in [-0.15, -0.1) is 0 Å². The van der Waals surface area contributed by atoms with Gasteiger partial charge in [-0.3, -0.25) is 14.6 Å². The van der Waals surface area contributed by atoms with Crippen LogP contribution in [-0.4, -0.2) is 64.0 Å². The first-order valence-electron chi connectivity index (χ1n) is 13.2. The standard InChI is InChI=1S/C31H38FN3O2/c1-5-33(6-2)31(37)26-14-12-25(13-15-26)30(27-8-7-9-29(36)18-27)35-20-22(3)34(19-23(35)4)21-24-10-16-28(32)17-11-24/h7-18,22-23,30,36H,5-6,19-21H2,1-4H3/t22-,23+,30+/m1/s1. The Morgan fingerprint density at radius 1 is 0.946 bits per heavy atom. The Balaban J connectivity index is 1.60. The number of carbonyl (C=O) groups excluding carboxylic acids is 1. The summed E-state index contributed by atoms with van der Waals surface area (Å²) in [6, 6.07) is 22.6. The van der Waals surface area contributed by atoms with Crippen LogP contribution in [0.2, 0.25) is 0 Å². The van der Waals surface area contributed by atoms with Gasteiger partial charge in [0.2, 0.25) is 0 Å². The van der Waals surface area contributed by atoms with Crippen LogP contribution in [-0.2, 0) is 6.54 Å². The lowest BCUT2D eigenvalue weighted by molar-refractivity contribution is 0.0195. The van der Waals surface area contributed by atoms with E-state index in [-0.39, 0.29) is 35.6 Å². The van der Waals surface area contributed by atoms with Crippen LogP contribution in [0.5, 0.6) is 5.75 Å². The fourth-order valence-electron chi connectivity index (χ4n) is 5.40. The monoisotopic (exact) mass is 503 g/mol. The Bertz CT molecular complexity index is 1180. The minimum absolute atomic E-state index is 0.0434. The maximum Gasteiger partial charge on any atom is 0.253 e. The maximum atomic E-state index is 13.4.